The van der Waals surface area contributed by atoms with E-state index >= 15 is 0 Å². The fourth-order valence-electron chi connectivity index (χ4n) is 3.25. The number of halogens is 3. The molecule has 3 heterocycles. The van der Waals surface area contributed by atoms with Crippen LogP contribution in [0.4, 0.5) is 14.6 Å². The standard InChI is InChI=1S/C20H14ClF2N5O2S/c21-13-4-2-1-3-11(13)7-8-28-18-16(17(24)25-10-26-18)27-19(28)31-12-5-6-14-15(9-12)30-20(22,23)29-14/h1-6,9-10H,7-8H2,(H2,24,25,26). The number of imidazole rings is 1. The minimum atomic E-state index is -3.67. The van der Waals surface area contributed by atoms with Crippen molar-refractivity contribution in [3.05, 3.63) is 59.4 Å². The van der Waals surface area contributed by atoms with Crippen LogP contribution in [-0.2, 0) is 13.0 Å². The topological polar surface area (TPSA) is 88.1 Å². The predicted octanol–water partition coefficient (Wildman–Crippen LogP) is 4.78. The van der Waals surface area contributed by atoms with Gasteiger partial charge in [0.05, 0.1) is 0 Å². The number of ether oxygens (including phenoxy) is 2. The number of alkyl halides is 2. The molecule has 0 saturated heterocycles. The van der Waals surface area contributed by atoms with Crippen LogP contribution in [0.15, 0.2) is 58.8 Å². The highest BCUT2D eigenvalue weighted by atomic mass is 35.5. The number of anilines is 1. The molecule has 2 N–H and O–H groups in total. The Kier molecular flexibility index (Phi) is 4.82. The Balaban J connectivity index is 1.49. The van der Waals surface area contributed by atoms with E-state index < -0.39 is 6.29 Å². The van der Waals surface area contributed by atoms with E-state index in [-0.39, 0.29) is 17.3 Å². The minimum absolute atomic E-state index is 0.0170. The van der Waals surface area contributed by atoms with Gasteiger partial charge in [0.1, 0.15) is 6.33 Å². The Labute approximate surface area is 184 Å². The maximum atomic E-state index is 13.3. The van der Waals surface area contributed by atoms with Crippen molar-refractivity contribution in [3.8, 4) is 11.5 Å². The summed E-state index contributed by atoms with van der Waals surface area (Å²) in [5, 5.41) is 1.26. The van der Waals surface area contributed by atoms with Crippen LogP contribution in [0.3, 0.4) is 0 Å². The van der Waals surface area contributed by atoms with Gasteiger partial charge in [-0.15, -0.1) is 8.78 Å². The van der Waals surface area contributed by atoms with E-state index in [9.17, 15) is 8.78 Å². The average Bonchev–Trinajstić information content (AvgIpc) is 3.23. The van der Waals surface area contributed by atoms with E-state index in [1.54, 1.807) is 6.07 Å². The van der Waals surface area contributed by atoms with Crippen molar-refractivity contribution >= 4 is 40.3 Å². The Bertz CT molecular complexity index is 1300. The van der Waals surface area contributed by atoms with Crippen LogP contribution in [0.25, 0.3) is 11.2 Å². The number of aromatic nitrogens is 4. The van der Waals surface area contributed by atoms with Gasteiger partial charge in [0, 0.05) is 16.5 Å². The van der Waals surface area contributed by atoms with Gasteiger partial charge in [-0.1, -0.05) is 41.6 Å². The SMILES string of the molecule is Nc1ncnc2c1nc(Sc1ccc3c(c1)OC(F)(F)O3)n2CCc1ccccc1Cl. The first-order valence-corrected chi connectivity index (χ1v) is 10.4. The zero-order valence-corrected chi connectivity index (χ0v) is 17.3. The smallest absolute Gasteiger partial charge is 0.395 e. The van der Waals surface area contributed by atoms with Gasteiger partial charge in [0.25, 0.3) is 0 Å². The lowest BCUT2D eigenvalue weighted by atomic mass is 10.1. The molecule has 0 atom stereocenters. The second kappa shape index (κ2) is 7.54. The van der Waals surface area contributed by atoms with Gasteiger partial charge >= 0.3 is 6.29 Å². The van der Waals surface area contributed by atoms with Crippen molar-refractivity contribution in [1.29, 1.82) is 0 Å². The molecule has 7 nitrogen and oxygen atoms in total. The van der Waals surface area contributed by atoms with Crippen molar-refractivity contribution in [1.82, 2.24) is 19.5 Å². The van der Waals surface area contributed by atoms with Gasteiger partial charge in [-0.3, -0.25) is 0 Å². The molecule has 0 amide bonds. The molecule has 4 aromatic rings. The molecule has 0 saturated carbocycles. The summed E-state index contributed by atoms with van der Waals surface area (Å²) in [6, 6.07) is 12.2. The van der Waals surface area contributed by atoms with E-state index in [4.69, 9.17) is 17.3 Å². The number of nitrogens with two attached hydrogens (primary N) is 1. The van der Waals surface area contributed by atoms with Crippen molar-refractivity contribution in [2.45, 2.75) is 29.3 Å². The van der Waals surface area contributed by atoms with Gasteiger partial charge in [-0.2, -0.15) is 0 Å². The fraction of sp³-hybridized carbons (Fsp3) is 0.150. The van der Waals surface area contributed by atoms with Crippen LogP contribution in [0, 0.1) is 0 Å². The normalized spacial score (nSPS) is 14.3. The number of fused-ring (bicyclic) bond motifs is 2. The molecular formula is C20H14ClF2N5O2S. The molecule has 11 heteroatoms. The summed E-state index contributed by atoms with van der Waals surface area (Å²) < 4.78 is 37.6. The highest BCUT2D eigenvalue weighted by Gasteiger charge is 2.43. The Hall–Kier alpha value is -3.11. The third kappa shape index (κ3) is 3.84. The molecule has 2 aromatic carbocycles. The summed E-state index contributed by atoms with van der Waals surface area (Å²) in [5.74, 6) is 0.207. The Morgan fingerprint density at radius 2 is 1.90 bits per heavy atom. The summed E-state index contributed by atoms with van der Waals surface area (Å²) >= 11 is 7.56. The van der Waals surface area contributed by atoms with Crippen LogP contribution >= 0.6 is 23.4 Å². The highest BCUT2D eigenvalue weighted by Crippen LogP contribution is 2.44. The summed E-state index contributed by atoms with van der Waals surface area (Å²) in [6.45, 7) is 0.529. The molecule has 1 aliphatic rings. The molecular weight excluding hydrogens is 448 g/mol. The molecule has 0 spiro atoms. The highest BCUT2D eigenvalue weighted by molar-refractivity contribution is 7.99. The predicted molar refractivity (Wildman–Crippen MR) is 112 cm³/mol. The number of nitrogen functional groups attached to an aromatic ring is 1. The second-order valence-corrected chi connectivity index (χ2v) is 8.14. The first kappa shape index (κ1) is 19.8. The fourth-order valence-corrected chi connectivity index (χ4v) is 4.41. The van der Waals surface area contributed by atoms with Crippen molar-refractivity contribution in [2.24, 2.45) is 0 Å². The van der Waals surface area contributed by atoms with Gasteiger partial charge in [0.2, 0.25) is 0 Å². The maximum absolute atomic E-state index is 13.3. The third-order valence-corrected chi connectivity index (χ3v) is 6.02. The number of rotatable bonds is 5. The van der Waals surface area contributed by atoms with Crippen LogP contribution < -0.4 is 15.2 Å². The van der Waals surface area contributed by atoms with E-state index in [2.05, 4.69) is 24.4 Å². The van der Waals surface area contributed by atoms with Crippen LogP contribution in [0.1, 0.15) is 5.56 Å². The molecule has 158 valence electrons. The first-order valence-electron chi connectivity index (χ1n) is 9.17. The Morgan fingerprint density at radius 3 is 2.74 bits per heavy atom. The van der Waals surface area contributed by atoms with Gasteiger partial charge in [0.15, 0.2) is 33.6 Å². The quantitative estimate of drug-likeness (QED) is 0.457. The lowest BCUT2D eigenvalue weighted by molar-refractivity contribution is -0.286. The van der Waals surface area contributed by atoms with E-state index in [0.29, 0.717) is 39.2 Å². The third-order valence-electron chi connectivity index (χ3n) is 4.67. The van der Waals surface area contributed by atoms with Crippen LogP contribution in [0.2, 0.25) is 5.02 Å². The molecule has 0 fully saturated rings. The summed E-state index contributed by atoms with van der Waals surface area (Å²) in [4.78, 5) is 13.6. The van der Waals surface area contributed by atoms with Gasteiger partial charge < -0.3 is 19.8 Å². The van der Waals surface area contributed by atoms with Crippen LogP contribution in [0.5, 0.6) is 11.5 Å². The molecule has 0 bridgehead atoms. The second-order valence-electron chi connectivity index (χ2n) is 6.70. The zero-order chi connectivity index (χ0) is 21.6. The number of nitrogens with zero attached hydrogens (tertiary/aromatic N) is 4. The van der Waals surface area contributed by atoms with Crippen molar-refractivity contribution in [3.63, 3.8) is 0 Å². The van der Waals surface area contributed by atoms with E-state index in [1.165, 1.54) is 30.2 Å². The number of hydrogen-bond donors (Lipinski definition) is 1. The van der Waals surface area contributed by atoms with Crippen LogP contribution in [-0.4, -0.2) is 25.8 Å². The lowest BCUT2D eigenvalue weighted by Gasteiger charge is -2.10. The number of hydrogen-bond acceptors (Lipinski definition) is 7. The van der Waals surface area contributed by atoms with E-state index in [0.717, 1.165) is 5.56 Å². The maximum Gasteiger partial charge on any atom is 0.586 e. The zero-order valence-electron chi connectivity index (χ0n) is 15.8. The van der Waals surface area contributed by atoms with Crippen molar-refractivity contribution in [2.75, 3.05) is 5.73 Å². The average molecular weight is 462 g/mol. The van der Waals surface area contributed by atoms with Gasteiger partial charge in [-0.25, -0.2) is 15.0 Å². The first-order chi connectivity index (χ1) is 14.9. The minimum Gasteiger partial charge on any atom is -0.395 e. The monoisotopic (exact) mass is 461 g/mol. The van der Waals surface area contributed by atoms with Crippen molar-refractivity contribution < 1.29 is 18.3 Å². The summed E-state index contributed by atoms with van der Waals surface area (Å²) in [5.41, 5.74) is 8.02. The molecule has 0 aliphatic carbocycles. The Morgan fingerprint density at radius 1 is 1.10 bits per heavy atom. The molecule has 2 aromatic heterocycles. The number of aryl methyl sites for hydroxylation is 2. The molecule has 31 heavy (non-hydrogen) atoms. The molecule has 0 radical (unpaired) electrons. The summed E-state index contributed by atoms with van der Waals surface area (Å²) in [6.07, 6.45) is -1.66. The molecule has 5 rings (SSSR count). The largest absolute Gasteiger partial charge is 0.586 e. The molecule has 1 aliphatic heterocycles. The van der Waals surface area contributed by atoms with Gasteiger partial charge in [-0.05, 0) is 36.2 Å². The molecule has 0 unspecified atom stereocenters. The van der Waals surface area contributed by atoms with E-state index in [1.807, 2.05) is 28.8 Å². The number of benzene rings is 2. The lowest BCUT2D eigenvalue weighted by Crippen LogP contribution is -2.25. The summed E-state index contributed by atoms with van der Waals surface area (Å²) in [7, 11) is 0.